The molecule has 0 aromatic carbocycles. The van der Waals surface area contributed by atoms with Crippen LogP contribution in [-0.2, 0) is 6.54 Å². The lowest BCUT2D eigenvalue weighted by Crippen LogP contribution is -2.16. The summed E-state index contributed by atoms with van der Waals surface area (Å²) in [5.41, 5.74) is 7.09. The second-order valence-electron chi connectivity index (χ2n) is 3.15. The summed E-state index contributed by atoms with van der Waals surface area (Å²) >= 11 is 0. The summed E-state index contributed by atoms with van der Waals surface area (Å²) in [6.07, 6.45) is 1.74. The summed E-state index contributed by atoms with van der Waals surface area (Å²) in [4.78, 5) is 13.8. The first-order chi connectivity index (χ1) is 5.65. The van der Waals surface area contributed by atoms with E-state index in [1.165, 1.54) is 0 Å². The van der Waals surface area contributed by atoms with Crippen LogP contribution in [0.2, 0.25) is 0 Å². The zero-order chi connectivity index (χ0) is 9.14. The molecule has 3 heteroatoms. The topological polar surface area (TPSA) is 58.9 Å². The average Bonchev–Trinajstić information content (AvgIpc) is 2.05. The van der Waals surface area contributed by atoms with Crippen molar-refractivity contribution in [3.05, 3.63) is 33.7 Å². The SMILES string of the molecule is CC(C)c1c[nH]c(=O)c(CN)c1. The lowest BCUT2D eigenvalue weighted by atomic mass is 10.0. The van der Waals surface area contributed by atoms with Crippen molar-refractivity contribution in [1.82, 2.24) is 4.98 Å². The van der Waals surface area contributed by atoms with E-state index in [0.717, 1.165) is 5.56 Å². The Kier molecular flexibility index (Phi) is 2.65. The molecular weight excluding hydrogens is 152 g/mol. The van der Waals surface area contributed by atoms with Gasteiger partial charge < -0.3 is 10.7 Å². The predicted molar refractivity (Wildman–Crippen MR) is 49.0 cm³/mol. The number of rotatable bonds is 2. The third kappa shape index (κ3) is 1.74. The van der Waals surface area contributed by atoms with Gasteiger partial charge in [-0.1, -0.05) is 13.8 Å². The third-order valence-corrected chi connectivity index (χ3v) is 1.89. The third-order valence-electron chi connectivity index (χ3n) is 1.89. The molecule has 0 radical (unpaired) electrons. The molecule has 3 N–H and O–H groups in total. The van der Waals surface area contributed by atoms with Crippen LogP contribution in [0.15, 0.2) is 17.1 Å². The smallest absolute Gasteiger partial charge is 0.252 e. The molecule has 1 aromatic rings. The zero-order valence-electron chi connectivity index (χ0n) is 7.42. The van der Waals surface area contributed by atoms with Gasteiger partial charge in [0.25, 0.3) is 5.56 Å². The maximum absolute atomic E-state index is 11.1. The number of pyridine rings is 1. The molecule has 0 bridgehead atoms. The molecule has 1 rings (SSSR count). The number of aromatic amines is 1. The van der Waals surface area contributed by atoms with Crippen LogP contribution in [0.5, 0.6) is 0 Å². The van der Waals surface area contributed by atoms with Crippen molar-refractivity contribution in [3.63, 3.8) is 0 Å². The Bertz CT molecular complexity index is 315. The lowest BCUT2D eigenvalue weighted by Gasteiger charge is -2.05. The van der Waals surface area contributed by atoms with Gasteiger partial charge in [-0.3, -0.25) is 4.79 Å². The molecular formula is C9H14N2O. The van der Waals surface area contributed by atoms with E-state index in [0.29, 0.717) is 18.0 Å². The van der Waals surface area contributed by atoms with Gasteiger partial charge in [-0.25, -0.2) is 0 Å². The van der Waals surface area contributed by atoms with Crippen LogP contribution in [0.25, 0.3) is 0 Å². The minimum atomic E-state index is -0.0816. The minimum absolute atomic E-state index is 0.0816. The highest BCUT2D eigenvalue weighted by Gasteiger charge is 2.02. The van der Waals surface area contributed by atoms with Crippen LogP contribution in [0, 0.1) is 0 Å². The van der Waals surface area contributed by atoms with Crippen LogP contribution in [0.1, 0.15) is 30.9 Å². The van der Waals surface area contributed by atoms with Gasteiger partial charge >= 0.3 is 0 Å². The molecule has 0 fully saturated rings. The van der Waals surface area contributed by atoms with Gasteiger partial charge in [-0.2, -0.15) is 0 Å². The average molecular weight is 166 g/mol. The number of hydrogen-bond donors (Lipinski definition) is 2. The van der Waals surface area contributed by atoms with Gasteiger partial charge in [0.1, 0.15) is 0 Å². The largest absolute Gasteiger partial charge is 0.329 e. The zero-order valence-corrected chi connectivity index (χ0v) is 7.42. The summed E-state index contributed by atoms with van der Waals surface area (Å²) in [6.45, 7) is 4.46. The van der Waals surface area contributed by atoms with Gasteiger partial charge in [-0.15, -0.1) is 0 Å². The summed E-state index contributed by atoms with van der Waals surface area (Å²) in [5.74, 6) is 0.423. The maximum atomic E-state index is 11.1. The Morgan fingerprint density at radius 3 is 2.75 bits per heavy atom. The van der Waals surface area contributed by atoms with E-state index in [9.17, 15) is 4.79 Å². The Hall–Kier alpha value is -1.09. The van der Waals surface area contributed by atoms with Crippen molar-refractivity contribution in [2.24, 2.45) is 5.73 Å². The molecule has 66 valence electrons. The van der Waals surface area contributed by atoms with Crippen LogP contribution in [0.3, 0.4) is 0 Å². The Labute approximate surface area is 71.6 Å². The molecule has 0 unspecified atom stereocenters. The Balaban J connectivity index is 3.14. The quantitative estimate of drug-likeness (QED) is 0.687. The molecule has 3 nitrogen and oxygen atoms in total. The van der Waals surface area contributed by atoms with Crippen molar-refractivity contribution >= 4 is 0 Å². The van der Waals surface area contributed by atoms with Crippen molar-refractivity contribution in [1.29, 1.82) is 0 Å². The molecule has 0 amide bonds. The van der Waals surface area contributed by atoms with E-state index in [-0.39, 0.29) is 5.56 Å². The summed E-state index contributed by atoms with van der Waals surface area (Å²) in [5, 5.41) is 0. The van der Waals surface area contributed by atoms with Crippen molar-refractivity contribution in [2.45, 2.75) is 26.3 Å². The predicted octanol–water partition coefficient (Wildman–Crippen LogP) is 0.957. The van der Waals surface area contributed by atoms with E-state index in [1.54, 1.807) is 6.20 Å². The number of aromatic nitrogens is 1. The van der Waals surface area contributed by atoms with Crippen LogP contribution in [-0.4, -0.2) is 4.98 Å². The first-order valence-electron chi connectivity index (χ1n) is 4.06. The fourth-order valence-electron chi connectivity index (χ4n) is 1.03. The maximum Gasteiger partial charge on any atom is 0.252 e. The Morgan fingerprint density at radius 2 is 2.25 bits per heavy atom. The summed E-state index contributed by atoms with van der Waals surface area (Å²) in [7, 11) is 0. The molecule has 1 aromatic heterocycles. The molecule has 0 saturated heterocycles. The van der Waals surface area contributed by atoms with Gasteiger partial charge in [0.15, 0.2) is 0 Å². The number of H-pyrrole nitrogens is 1. The van der Waals surface area contributed by atoms with E-state index in [2.05, 4.69) is 18.8 Å². The second-order valence-corrected chi connectivity index (χ2v) is 3.15. The van der Waals surface area contributed by atoms with Crippen molar-refractivity contribution in [2.75, 3.05) is 0 Å². The molecule has 0 aliphatic rings. The molecule has 1 heterocycles. The second kappa shape index (κ2) is 3.54. The lowest BCUT2D eigenvalue weighted by molar-refractivity contribution is 0.845. The first-order valence-corrected chi connectivity index (χ1v) is 4.06. The van der Waals surface area contributed by atoms with Crippen molar-refractivity contribution < 1.29 is 0 Å². The molecule has 0 aliphatic heterocycles. The van der Waals surface area contributed by atoms with Crippen LogP contribution >= 0.6 is 0 Å². The van der Waals surface area contributed by atoms with E-state index in [4.69, 9.17) is 5.73 Å². The molecule has 12 heavy (non-hydrogen) atoms. The van der Waals surface area contributed by atoms with Gasteiger partial charge in [-0.05, 0) is 17.5 Å². The highest BCUT2D eigenvalue weighted by molar-refractivity contribution is 5.20. The number of hydrogen-bond acceptors (Lipinski definition) is 2. The highest BCUT2D eigenvalue weighted by Crippen LogP contribution is 2.11. The molecule has 0 spiro atoms. The molecule has 0 saturated carbocycles. The standard InChI is InChI=1S/C9H14N2O/c1-6(2)8-3-7(4-10)9(12)11-5-8/h3,5-6H,4,10H2,1-2H3,(H,11,12). The fraction of sp³-hybridized carbons (Fsp3) is 0.444. The van der Waals surface area contributed by atoms with Crippen LogP contribution in [0.4, 0.5) is 0 Å². The van der Waals surface area contributed by atoms with E-state index < -0.39 is 0 Å². The Morgan fingerprint density at radius 1 is 1.58 bits per heavy atom. The normalized spacial score (nSPS) is 10.7. The summed E-state index contributed by atoms with van der Waals surface area (Å²) in [6, 6.07) is 1.86. The summed E-state index contributed by atoms with van der Waals surface area (Å²) < 4.78 is 0. The first kappa shape index (κ1) is 9.00. The van der Waals surface area contributed by atoms with Crippen LogP contribution < -0.4 is 11.3 Å². The van der Waals surface area contributed by atoms with E-state index >= 15 is 0 Å². The van der Waals surface area contributed by atoms with Crippen molar-refractivity contribution in [3.8, 4) is 0 Å². The van der Waals surface area contributed by atoms with Gasteiger partial charge in [0.2, 0.25) is 0 Å². The van der Waals surface area contributed by atoms with Gasteiger partial charge in [0, 0.05) is 18.3 Å². The van der Waals surface area contributed by atoms with E-state index in [1.807, 2.05) is 6.07 Å². The monoisotopic (exact) mass is 166 g/mol. The number of nitrogens with two attached hydrogens (primary N) is 1. The molecule has 0 atom stereocenters. The number of nitrogens with one attached hydrogen (secondary N) is 1. The highest BCUT2D eigenvalue weighted by atomic mass is 16.1. The molecule has 0 aliphatic carbocycles. The van der Waals surface area contributed by atoms with Gasteiger partial charge in [0.05, 0.1) is 0 Å². The fourth-order valence-corrected chi connectivity index (χ4v) is 1.03. The minimum Gasteiger partial charge on any atom is -0.329 e.